The van der Waals surface area contributed by atoms with Crippen LogP contribution in [0.2, 0.25) is 0 Å². The monoisotopic (exact) mass is 1320 g/mol. The number of carbonyl (C=O) groups excluding carboxylic acids is 4. The van der Waals surface area contributed by atoms with Crippen LogP contribution in [0.3, 0.4) is 0 Å². The number of ether oxygens (including phenoxy) is 4. The number of rotatable bonds is 31. The summed E-state index contributed by atoms with van der Waals surface area (Å²) in [6, 6.07) is 70.1. The quantitative estimate of drug-likeness (QED) is 0.0308. The van der Waals surface area contributed by atoms with E-state index >= 15 is 0 Å². The minimum Gasteiger partial charge on any atom is -0.461 e. The molecule has 0 fully saturated rings. The van der Waals surface area contributed by atoms with Gasteiger partial charge in [-0.15, -0.1) is 0 Å². The molecule has 0 unspecified atom stereocenters. The van der Waals surface area contributed by atoms with E-state index < -0.39 is 0 Å². The van der Waals surface area contributed by atoms with Crippen LogP contribution in [0.5, 0.6) is 0 Å². The topological polar surface area (TPSA) is 112 Å². The van der Waals surface area contributed by atoms with Gasteiger partial charge in [-0.2, -0.15) is 0 Å². The van der Waals surface area contributed by atoms with E-state index in [1.165, 1.54) is 0 Å². The molecule has 10 aromatic carbocycles. The molecule has 10 nitrogen and oxygen atoms in total. The number of nitrogens with zero attached hydrogens (tertiary/aromatic N) is 2. The lowest BCUT2D eigenvalue weighted by Crippen LogP contribution is -2.13. The van der Waals surface area contributed by atoms with Gasteiger partial charge in [0, 0.05) is 59.8 Å². The standard InChI is InChI=1S/C90H88N2O8/c1-11-67-15-23-71(24-16-67)57-97-87(93)47-37-75-31-41-81(53-61(75)5)91(82-42-32-76(62(6)54-82)38-48-88(94)98-58-72-25-17-68(12-2)18-26-72)85-45-35-79(51-65(85)9)80-36-46-86(66(10)52-80)92(83-43-33-77(63(7)55-83)39-49-89(95)99-59-73-27-19-69(13-3)20-28-73)84-44-34-78(64(8)56-84)40-50-90(96)100-60-74-29-21-70(14-4)22-30-74/h11-36,41-46,51-56H,1-4,37-40,47-50,57-60H2,5-10H3. The van der Waals surface area contributed by atoms with E-state index in [1.54, 1.807) is 24.3 Å². The minimum absolute atomic E-state index is 0.208. The van der Waals surface area contributed by atoms with Gasteiger partial charge in [0.15, 0.2) is 0 Å². The first-order chi connectivity index (χ1) is 48.4. The molecule has 0 saturated heterocycles. The van der Waals surface area contributed by atoms with Crippen molar-refractivity contribution in [1.29, 1.82) is 0 Å². The molecule has 0 bridgehead atoms. The van der Waals surface area contributed by atoms with E-state index in [0.29, 0.717) is 25.7 Å². The molecule has 0 aromatic heterocycles. The lowest BCUT2D eigenvalue weighted by molar-refractivity contribution is -0.145. The van der Waals surface area contributed by atoms with Gasteiger partial charge in [-0.25, -0.2) is 0 Å². The van der Waals surface area contributed by atoms with E-state index in [-0.39, 0.29) is 76.0 Å². The maximum atomic E-state index is 13.1. The molecule has 0 N–H and O–H groups in total. The van der Waals surface area contributed by atoms with Crippen LogP contribution in [0.4, 0.5) is 34.1 Å². The van der Waals surface area contributed by atoms with Crippen molar-refractivity contribution < 1.29 is 38.1 Å². The minimum atomic E-state index is -0.257. The highest BCUT2D eigenvalue weighted by atomic mass is 16.5. The Balaban J connectivity index is 0.905. The smallest absolute Gasteiger partial charge is 0.306 e. The van der Waals surface area contributed by atoms with E-state index in [9.17, 15) is 19.2 Å². The van der Waals surface area contributed by atoms with Gasteiger partial charge in [-0.1, -0.05) is 184 Å². The second kappa shape index (κ2) is 34.2. The van der Waals surface area contributed by atoms with Crippen LogP contribution in [0.1, 0.15) is 126 Å². The Kier molecular flexibility index (Phi) is 24.4. The molecular formula is C90H88N2O8. The van der Waals surface area contributed by atoms with Crippen LogP contribution in [0.15, 0.2) is 233 Å². The fourth-order valence-corrected chi connectivity index (χ4v) is 12.3. The van der Waals surface area contributed by atoms with Crippen LogP contribution in [-0.4, -0.2) is 23.9 Å². The largest absolute Gasteiger partial charge is 0.461 e. The number of hydrogen-bond donors (Lipinski definition) is 0. The van der Waals surface area contributed by atoms with Gasteiger partial charge in [0.25, 0.3) is 0 Å². The molecule has 0 aliphatic rings. The maximum absolute atomic E-state index is 13.1. The summed E-state index contributed by atoms with van der Waals surface area (Å²) in [5, 5.41) is 0. The summed E-state index contributed by atoms with van der Waals surface area (Å²) in [6.07, 6.45) is 10.2. The van der Waals surface area contributed by atoms with Crippen molar-refractivity contribution in [3.8, 4) is 11.1 Å². The third-order valence-corrected chi connectivity index (χ3v) is 18.4. The van der Waals surface area contributed by atoms with Crippen molar-refractivity contribution in [2.24, 2.45) is 0 Å². The van der Waals surface area contributed by atoms with Crippen LogP contribution >= 0.6 is 0 Å². The first-order valence-corrected chi connectivity index (χ1v) is 34.1. The summed E-state index contributed by atoms with van der Waals surface area (Å²) in [5.74, 6) is -1.03. The highest BCUT2D eigenvalue weighted by molar-refractivity contribution is 5.85. The van der Waals surface area contributed by atoms with Crippen molar-refractivity contribution in [3.63, 3.8) is 0 Å². The normalized spacial score (nSPS) is 10.9. The van der Waals surface area contributed by atoms with E-state index in [1.807, 2.05) is 97.1 Å². The lowest BCUT2D eigenvalue weighted by atomic mass is 9.97. The van der Waals surface area contributed by atoms with Crippen LogP contribution in [0.25, 0.3) is 35.4 Å². The first kappa shape index (κ1) is 71.4. The van der Waals surface area contributed by atoms with Gasteiger partial charge < -0.3 is 28.7 Å². The first-order valence-electron chi connectivity index (χ1n) is 34.1. The number of hydrogen-bond acceptors (Lipinski definition) is 10. The lowest BCUT2D eigenvalue weighted by Gasteiger charge is -2.29. The van der Waals surface area contributed by atoms with Crippen molar-refractivity contribution in [3.05, 3.63) is 333 Å². The zero-order chi connectivity index (χ0) is 70.7. The summed E-state index contributed by atoms with van der Waals surface area (Å²) in [5.41, 5.74) is 26.2. The van der Waals surface area contributed by atoms with E-state index in [2.05, 4.69) is 187 Å². The molecule has 0 aliphatic carbocycles. The second-order valence-electron chi connectivity index (χ2n) is 25.5. The predicted octanol–water partition coefficient (Wildman–Crippen LogP) is 21.4. The van der Waals surface area contributed by atoms with Gasteiger partial charge in [0.2, 0.25) is 0 Å². The third kappa shape index (κ3) is 19.0. The Morgan fingerprint density at radius 3 is 0.720 bits per heavy atom. The second-order valence-corrected chi connectivity index (χ2v) is 25.5. The highest BCUT2D eigenvalue weighted by Gasteiger charge is 2.22. The molecule has 0 saturated carbocycles. The van der Waals surface area contributed by atoms with Gasteiger partial charge in [0.05, 0.1) is 0 Å². The predicted molar refractivity (Wildman–Crippen MR) is 408 cm³/mol. The summed E-state index contributed by atoms with van der Waals surface area (Å²) in [6.45, 7) is 28.8. The Morgan fingerprint density at radius 2 is 0.520 bits per heavy atom. The molecular weight excluding hydrogens is 1240 g/mol. The Labute approximate surface area is 590 Å². The fraction of sp³-hybridized carbons (Fsp3) is 0.200. The molecule has 10 heteroatoms. The van der Waals surface area contributed by atoms with Crippen LogP contribution < -0.4 is 9.80 Å². The number of esters is 4. The van der Waals surface area contributed by atoms with Crippen LogP contribution in [0, 0.1) is 41.5 Å². The molecule has 10 aromatic rings. The number of benzene rings is 10. The molecule has 0 radical (unpaired) electrons. The molecule has 0 heterocycles. The average Bonchev–Trinajstić information content (AvgIpc) is 0.780. The zero-order valence-electron chi connectivity index (χ0n) is 58.4. The molecule has 100 heavy (non-hydrogen) atoms. The molecule has 10 rings (SSSR count). The molecule has 0 spiro atoms. The molecule has 0 aliphatic heterocycles. The molecule has 506 valence electrons. The SMILES string of the molecule is C=Cc1ccc(COC(=O)CCc2ccc(N(c3ccc(CCC(=O)OCc4ccc(C=C)cc4)c(C)c3)c3ccc(-c4ccc(N(c5ccc(CCC(=O)OCc6ccc(C=C)cc6)c(C)c5)c5ccc(CCC(=O)OCc6ccc(C=C)cc6)c(C)c5)c(C)c4)cc3C)cc2C)cc1. The van der Waals surface area contributed by atoms with Crippen molar-refractivity contribution in [2.45, 2.75) is 119 Å². The summed E-state index contributed by atoms with van der Waals surface area (Å²) in [4.78, 5) is 56.9. The number of anilines is 6. The summed E-state index contributed by atoms with van der Waals surface area (Å²) in [7, 11) is 0. The van der Waals surface area contributed by atoms with Gasteiger partial charge in [-0.3, -0.25) is 19.2 Å². The average molecular weight is 1330 g/mol. The number of carbonyl (C=O) groups is 4. The highest BCUT2D eigenvalue weighted by Crippen LogP contribution is 2.43. The van der Waals surface area contributed by atoms with Gasteiger partial charge in [0.1, 0.15) is 26.4 Å². The van der Waals surface area contributed by atoms with Gasteiger partial charge in [-0.05, 0) is 251 Å². The Bertz CT molecular complexity index is 4070. The Hall–Kier alpha value is -11.4. The zero-order valence-corrected chi connectivity index (χ0v) is 58.4. The summed E-state index contributed by atoms with van der Waals surface area (Å²) >= 11 is 0. The van der Waals surface area contributed by atoms with Crippen LogP contribution in [-0.2, 0) is 90.2 Å². The van der Waals surface area contributed by atoms with Crippen molar-refractivity contribution in [1.82, 2.24) is 0 Å². The Morgan fingerprint density at radius 1 is 0.290 bits per heavy atom. The van der Waals surface area contributed by atoms with E-state index in [0.717, 1.165) is 145 Å². The van der Waals surface area contributed by atoms with Crippen molar-refractivity contribution >= 4 is 82.3 Å². The molecule has 0 atom stereocenters. The van der Waals surface area contributed by atoms with Crippen molar-refractivity contribution in [2.75, 3.05) is 9.80 Å². The number of aryl methyl sites for hydroxylation is 10. The van der Waals surface area contributed by atoms with E-state index in [4.69, 9.17) is 18.9 Å². The maximum Gasteiger partial charge on any atom is 0.306 e. The van der Waals surface area contributed by atoms with Gasteiger partial charge >= 0.3 is 23.9 Å². The third-order valence-electron chi connectivity index (χ3n) is 18.4. The molecule has 0 amide bonds. The fourth-order valence-electron chi connectivity index (χ4n) is 12.3. The summed E-state index contributed by atoms with van der Waals surface area (Å²) < 4.78 is 22.8.